The molecule has 23 heavy (non-hydrogen) atoms. The molecule has 0 unspecified atom stereocenters. The van der Waals surface area contributed by atoms with Crippen molar-refractivity contribution >= 4 is 17.8 Å². The van der Waals surface area contributed by atoms with Gasteiger partial charge < -0.3 is 24.3 Å². The van der Waals surface area contributed by atoms with Gasteiger partial charge in [0, 0.05) is 21.0 Å². The van der Waals surface area contributed by atoms with Gasteiger partial charge in [-0.15, -0.1) is 0 Å². The third-order valence-electron chi connectivity index (χ3n) is 2.84. The maximum absolute atomic E-state index is 12.4. The lowest BCUT2D eigenvalue weighted by Gasteiger charge is -2.40. The van der Waals surface area contributed by atoms with Crippen LogP contribution in [0.5, 0.6) is 0 Å². The molecule has 1 rings (SSSR count). The fourth-order valence-electron chi connectivity index (χ4n) is 2.00. The molecular formula is C12H16F3NO7. The molecule has 1 saturated heterocycles. The number of amides is 1. The molecule has 0 saturated carbocycles. The summed E-state index contributed by atoms with van der Waals surface area (Å²) in [7, 11) is 1.21. The largest absolute Gasteiger partial charge is 0.471 e. The molecule has 0 bridgehead atoms. The minimum Gasteiger partial charge on any atom is -0.456 e. The van der Waals surface area contributed by atoms with Crippen molar-refractivity contribution in [3.63, 3.8) is 0 Å². The van der Waals surface area contributed by atoms with E-state index in [0.717, 1.165) is 13.8 Å². The molecule has 1 aliphatic rings. The van der Waals surface area contributed by atoms with E-state index >= 15 is 0 Å². The summed E-state index contributed by atoms with van der Waals surface area (Å²) in [6.07, 6.45) is -9.03. The Balaban J connectivity index is 3.01. The highest BCUT2D eigenvalue weighted by molar-refractivity contribution is 5.82. The van der Waals surface area contributed by atoms with Crippen molar-refractivity contribution in [3.05, 3.63) is 0 Å². The van der Waals surface area contributed by atoms with Crippen molar-refractivity contribution < 1.29 is 46.5 Å². The second-order valence-corrected chi connectivity index (χ2v) is 4.66. The number of hydrogen-bond acceptors (Lipinski definition) is 7. The summed E-state index contributed by atoms with van der Waals surface area (Å²) < 4.78 is 56.9. The van der Waals surface area contributed by atoms with Crippen molar-refractivity contribution in [2.45, 2.75) is 44.6 Å². The standard InChI is InChI=1S/C12H16F3NO7/c1-5(17)22-8-7(16-11(19)12(13,14)15)4-21-10(20-3)9(8)23-6(2)18/h7-10H,4H2,1-3H3,(H,16,19)/t7-,8+,9+,10-/m0/s1. The normalized spacial score (nSPS) is 27.9. The molecule has 0 aromatic carbocycles. The van der Waals surface area contributed by atoms with Gasteiger partial charge in [0.25, 0.3) is 0 Å². The van der Waals surface area contributed by atoms with Crippen LogP contribution >= 0.6 is 0 Å². The van der Waals surface area contributed by atoms with E-state index in [1.54, 1.807) is 5.32 Å². The van der Waals surface area contributed by atoms with Crippen LogP contribution in [0.25, 0.3) is 0 Å². The second kappa shape index (κ2) is 7.59. The monoisotopic (exact) mass is 343 g/mol. The molecule has 0 radical (unpaired) electrons. The molecule has 0 aromatic rings. The zero-order valence-electron chi connectivity index (χ0n) is 12.5. The number of hydrogen-bond donors (Lipinski definition) is 1. The summed E-state index contributed by atoms with van der Waals surface area (Å²) >= 11 is 0. The molecule has 8 nitrogen and oxygen atoms in total. The van der Waals surface area contributed by atoms with E-state index in [9.17, 15) is 27.6 Å². The zero-order valence-corrected chi connectivity index (χ0v) is 12.5. The van der Waals surface area contributed by atoms with Crippen LogP contribution in [-0.2, 0) is 33.3 Å². The summed E-state index contributed by atoms with van der Waals surface area (Å²) in [5.41, 5.74) is 0. The Kier molecular flexibility index (Phi) is 6.33. The minimum absolute atomic E-state index is 0.434. The minimum atomic E-state index is -5.13. The lowest BCUT2D eigenvalue weighted by molar-refractivity contribution is -0.255. The Morgan fingerprint density at radius 1 is 1.09 bits per heavy atom. The van der Waals surface area contributed by atoms with E-state index < -0.39 is 55.2 Å². The third kappa shape index (κ3) is 5.36. The van der Waals surface area contributed by atoms with E-state index in [0.29, 0.717) is 0 Å². The fourth-order valence-corrected chi connectivity index (χ4v) is 2.00. The third-order valence-corrected chi connectivity index (χ3v) is 2.84. The van der Waals surface area contributed by atoms with Crippen LogP contribution in [0.15, 0.2) is 0 Å². The van der Waals surface area contributed by atoms with Crippen molar-refractivity contribution in [1.29, 1.82) is 0 Å². The van der Waals surface area contributed by atoms with Crippen LogP contribution in [0.3, 0.4) is 0 Å². The summed E-state index contributed by atoms with van der Waals surface area (Å²) in [4.78, 5) is 33.4. The number of nitrogens with one attached hydrogen (secondary N) is 1. The van der Waals surface area contributed by atoms with Crippen molar-refractivity contribution in [2.24, 2.45) is 0 Å². The highest BCUT2D eigenvalue weighted by Crippen LogP contribution is 2.24. The molecule has 0 spiro atoms. The number of carbonyl (C=O) groups is 3. The Hall–Kier alpha value is -1.88. The molecule has 11 heteroatoms. The Morgan fingerprint density at radius 3 is 2.04 bits per heavy atom. The van der Waals surface area contributed by atoms with Crippen LogP contribution in [0.4, 0.5) is 13.2 Å². The maximum atomic E-state index is 12.4. The van der Waals surface area contributed by atoms with Gasteiger partial charge >= 0.3 is 24.0 Å². The van der Waals surface area contributed by atoms with Gasteiger partial charge in [-0.1, -0.05) is 0 Å². The number of rotatable bonds is 4. The van der Waals surface area contributed by atoms with Gasteiger partial charge in [-0.3, -0.25) is 14.4 Å². The van der Waals surface area contributed by atoms with Crippen molar-refractivity contribution in [1.82, 2.24) is 5.32 Å². The van der Waals surface area contributed by atoms with Crippen LogP contribution < -0.4 is 5.32 Å². The summed E-state index contributed by atoms with van der Waals surface area (Å²) in [6.45, 7) is 1.64. The predicted octanol–water partition coefficient (Wildman–Crippen LogP) is -0.100. The first kappa shape index (κ1) is 19.2. The van der Waals surface area contributed by atoms with E-state index in [2.05, 4.69) is 0 Å². The van der Waals surface area contributed by atoms with Crippen LogP contribution in [0.2, 0.25) is 0 Å². The molecule has 1 heterocycles. The maximum Gasteiger partial charge on any atom is 0.471 e. The quantitative estimate of drug-likeness (QED) is 0.712. The van der Waals surface area contributed by atoms with Crippen molar-refractivity contribution in [3.8, 4) is 0 Å². The first-order valence-corrected chi connectivity index (χ1v) is 6.42. The molecule has 0 aromatic heterocycles. The van der Waals surface area contributed by atoms with Gasteiger partial charge in [-0.05, 0) is 0 Å². The number of methoxy groups -OCH3 is 1. The Labute approximate surface area is 129 Å². The van der Waals surface area contributed by atoms with Gasteiger partial charge in [0.15, 0.2) is 18.5 Å². The summed E-state index contributed by atoms with van der Waals surface area (Å²) in [6, 6.07) is -1.37. The average molecular weight is 343 g/mol. The molecule has 1 amide bonds. The highest BCUT2D eigenvalue weighted by atomic mass is 19.4. The molecule has 0 aliphatic carbocycles. The van der Waals surface area contributed by atoms with Crippen LogP contribution in [-0.4, -0.2) is 62.3 Å². The SMILES string of the molecule is CO[C@H]1OC[C@H](NC(=O)C(F)(F)F)[C@@H](OC(C)=O)[C@H]1OC(C)=O. The molecule has 1 aliphatic heterocycles. The summed E-state index contributed by atoms with van der Waals surface area (Å²) in [5.74, 6) is -3.86. The predicted molar refractivity (Wildman–Crippen MR) is 65.8 cm³/mol. The summed E-state index contributed by atoms with van der Waals surface area (Å²) in [5, 5.41) is 1.65. The number of esters is 2. The average Bonchev–Trinajstić information content (AvgIpc) is 2.40. The highest BCUT2D eigenvalue weighted by Gasteiger charge is 2.48. The molecule has 4 atom stereocenters. The van der Waals surface area contributed by atoms with Crippen LogP contribution in [0.1, 0.15) is 13.8 Å². The Bertz CT molecular complexity index is 468. The van der Waals surface area contributed by atoms with E-state index in [1.807, 2.05) is 0 Å². The smallest absolute Gasteiger partial charge is 0.456 e. The van der Waals surface area contributed by atoms with Gasteiger partial charge in [-0.2, -0.15) is 13.2 Å². The molecule has 1 N–H and O–H groups in total. The van der Waals surface area contributed by atoms with E-state index in [1.165, 1.54) is 7.11 Å². The molecular weight excluding hydrogens is 327 g/mol. The second-order valence-electron chi connectivity index (χ2n) is 4.66. The molecule has 1 fully saturated rings. The first-order valence-electron chi connectivity index (χ1n) is 6.42. The fraction of sp³-hybridized carbons (Fsp3) is 0.750. The van der Waals surface area contributed by atoms with Crippen LogP contribution in [0, 0.1) is 0 Å². The van der Waals surface area contributed by atoms with E-state index in [4.69, 9.17) is 18.9 Å². The van der Waals surface area contributed by atoms with Gasteiger partial charge in [-0.25, -0.2) is 0 Å². The van der Waals surface area contributed by atoms with Crippen molar-refractivity contribution in [2.75, 3.05) is 13.7 Å². The lowest BCUT2D eigenvalue weighted by atomic mass is 10.0. The Morgan fingerprint density at radius 2 is 1.61 bits per heavy atom. The topological polar surface area (TPSA) is 100 Å². The van der Waals surface area contributed by atoms with E-state index in [-0.39, 0.29) is 0 Å². The number of carbonyl (C=O) groups excluding carboxylic acids is 3. The van der Waals surface area contributed by atoms with Gasteiger partial charge in [0.05, 0.1) is 12.6 Å². The zero-order chi connectivity index (χ0) is 17.8. The lowest BCUT2D eigenvalue weighted by Crippen LogP contribution is -2.63. The molecule has 132 valence electrons. The van der Waals surface area contributed by atoms with Gasteiger partial charge in [0.2, 0.25) is 0 Å². The number of halogens is 3. The van der Waals surface area contributed by atoms with Gasteiger partial charge in [0.1, 0.15) is 0 Å². The number of alkyl halides is 3. The first-order chi connectivity index (χ1) is 10.6. The number of ether oxygens (including phenoxy) is 4.